The second kappa shape index (κ2) is 45.6. The molecule has 1 rings (SSSR count). The number of halogens is 1. The number of aliphatic carboxylic acids is 1. The number of aliphatic hydroxyl groups is 4. The second-order valence-corrected chi connectivity index (χ2v) is 22.6. The highest BCUT2D eigenvalue weighted by atomic mass is 35.5. The fourth-order valence-corrected chi connectivity index (χ4v) is 9.27. The lowest BCUT2D eigenvalue weighted by Gasteiger charge is -2.29. The summed E-state index contributed by atoms with van der Waals surface area (Å²) in [5.74, 6) is -16.3. The summed E-state index contributed by atoms with van der Waals surface area (Å²) in [7, 11) is 3.70. The highest BCUT2D eigenvalue weighted by Crippen LogP contribution is 2.14. The lowest BCUT2D eigenvalue weighted by Crippen LogP contribution is -2.63. The number of nitrogens with zero attached hydrogens (tertiary/aromatic N) is 1. The highest BCUT2D eigenvalue weighted by molar-refractivity contribution is 6.18. The lowest BCUT2D eigenvalue weighted by molar-refractivity contribution is -0.153. The molecule has 0 bridgehead atoms. The molecule has 1 heterocycles. The van der Waals surface area contributed by atoms with Crippen LogP contribution in [0.5, 0.6) is 0 Å². The van der Waals surface area contributed by atoms with Gasteiger partial charge in [0.15, 0.2) is 12.1 Å². The Morgan fingerprint density at radius 1 is 0.633 bits per heavy atom. The van der Waals surface area contributed by atoms with E-state index in [0.717, 1.165) is 64.4 Å². The van der Waals surface area contributed by atoms with Crippen LogP contribution in [0.1, 0.15) is 143 Å². The van der Waals surface area contributed by atoms with Gasteiger partial charge in [-0.1, -0.05) is 70.8 Å². The van der Waals surface area contributed by atoms with Crippen molar-refractivity contribution in [3.05, 3.63) is 11.8 Å². The summed E-state index contributed by atoms with van der Waals surface area (Å²) in [5.41, 5.74) is 16.7. The van der Waals surface area contributed by atoms with E-state index in [9.17, 15) is 83.1 Å². The first kappa shape index (κ1) is 81.4. The van der Waals surface area contributed by atoms with Gasteiger partial charge in [0.25, 0.3) is 5.91 Å². The van der Waals surface area contributed by atoms with E-state index in [0.29, 0.717) is 25.8 Å². The number of esters is 1. The molecule has 0 spiro atoms. The molecule has 0 saturated carbocycles. The van der Waals surface area contributed by atoms with Crippen molar-refractivity contribution in [1.29, 1.82) is 0 Å². The Balaban J connectivity index is 4.12. The van der Waals surface area contributed by atoms with Gasteiger partial charge >= 0.3 is 11.9 Å². The van der Waals surface area contributed by atoms with Crippen LogP contribution in [0.4, 0.5) is 0 Å². The number of carboxylic acids is 1. The van der Waals surface area contributed by atoms with Gasteiger partial charge in [0.2, 0.25) is 53.2 Å². The summed E-state index contributed by atoms with van der Waals surface area (Å²) in [4.78, 5) is 168. The molecule has 6 unspecified atom stereocenters. The van der Waals surface area contributed by atoms with E-state index in [-0.39, 0.29) is 51.9 Å². The summed E-state index contributed by atoms with van der Waals surface area (Å²) < 4.78 is 5.41. The summed E-state index contributed by atoms with van der Waals surface area (Å²) in [5, 5.41) is 76.3. The van der Waals surface area contributed by atoms with Crippen LogP contribution >= 0.6 is 11.6 Å². The minimum Gasteiger partial charge on any atom is -0.479 e. The fourth-order valence-electron chi connectivity index (χ4n) is 9.09. The van der Waals surface area contributed by atoms with Crippen molar-refractivity contribution in [2.45, 2.75) is 216 Å². The number of nitrogens with one attached hydrogen (secondary N) is 10. The van der Waals surface area contributed by atoms with Crippen molar-refractivity contribution in [1.82, 2.24) is 58.1 Å². The van der Waals surface area contributed by atoms with E-state index in [4.69, 9.17) is 33.5 Å². The topological polar surface area (TPSA) is 517 Å². The van der Waals surface area contributed by atoms with Gasteiger partial charge in [-0.25, -0.2) is 9.59 Å². The summed E-state index contributed by atoms with van der Waals surface area (Å²) >= 11 is 5.94. The average Bonchev–Trinajstić information content (AvgIpc) is 2.07. The van der Waals surface area contributed by atoms with Crippen LogP contribution in [0.2, 0.25) is 0 Å². The normalized spacial score (nSPS) is 23.6. The van der Waals surface area contributed by atoms with E-state index in [1.165, 1.54) is 6.92 Å². The summed E-state index contributed by atoms with van der Waals surface area (Å²) in [6, 6.07) is -15.6. The van der Waals surface area contributed by atoms with Gasteiger partial charge < -0.3 is 106 Å². The van der Waals surface area contributed by atoms with E-state index < -0.39 is 188 Å². The zero-order chi connectivity index (χ0) is 67.9. The van der Waals surface area contributed by atoms with Crippen molar-refractivity contribution in [2.75, 3.05) is 59.3 Å². The third kappa shape index (κ3) is 31.9. The number of hydrogen-bond donors (Lipinski definition) is 18. The van der Waals surface area contributed by atoms with Crippen LogP contribution in [-0.2, 0) is 62.3 Å². The van der Waals surface area contributed by atoms with Crippen molar-refractivity contribution < 1.29 is 87.8 Å². The van der Waals surface area contributed by atoms with Crippen LogP contribution in [0, 0.1) is 0 Å². The summed E-state index contributed by atoms with van der Waals surface area (Å²) in [6.07, 6.45) is 1.35. The van der Waals surface area contributed by atoms with E-state index in [1.54, 1.807) is 0 Å². The van der Waals surface area contributed by atoms with Crippen molar-refractivity contribution in [2.24, 2.45) is 17.2 Å². The van der Waals surface area contributed by atoms with Gasteiger partial charge in [0.05, 0.1) is 37.0 Å². The smallest absolute Gasteiger partial charge is 0.335 e. The molecular formula is C57H101ClN14O18. The van der Waals surface area contributed by atoms with Gasteiger partial charge in [-0.2, -0.15) is 0 Å². The number of rotatable bonds is 33. The number of hydrogen-bond acceptors (Lipinski definition) is 21. The molecule has 12 atom stereocenters. The average molecular weight is 1310 g/mol. The Hall–Kier alpha value is -6.65. The monoisotopic (exact) mass is 1300 g/mol. The molecule has 1 aliphatic heterocycles. The quantitative estimate of drug-likeness (QED) is 0.0127. The number of cyclic esters (lactones) is 1. The minimum atomic E-state index is -2.75. The molecule has 0 aromatic rings. The Morgan fingerprint density at radius 2 is 1.17 bits per heavy atom. The Kier molecular flexibility index (Phi) is 41.2. The predicted octanol–water partition coefficient (Wildman–Crippen LogP) is -4.79. The molecule has 1 fully saturated rings. The first-order valence-corrected chi connectivity index (χ1v) is 31.3. The molecule has 10 amide bonds. The zero-order valence-electron chi connectivity index (χ0n) is 52.5. The van der Waals surface area contributed by atoms with E-state index in [1.807, 2.05) is 19.0 Å². The Labute approximate surface area is 530 Å². The first-order chi connectivity index (χ1) is 42.7. The number of amides is 10. The Bertz CT molecular complexity index is 2340. The molecule has 90 heavy (non-hydrogen) atoms. The predicted molar refractivity (Wildman–Crippen MR) is 328 cm³/mol. The third-order valence-corrected chi connectivity index (χ3v) is 14.6. The molecule has 0 aromatic heterocycles. The molecular weight excluding hydrogens is 1200 g/mol. The van der Waals surface area contributed by atoms with Gasteiger partial charge in [-0.15, -0.1) is 11.6 Å². The SMILES string of the molecule is C/C=C1/NC(=O)C([C@H](C)O)NC(=O)[C@H](CCN)NC(=O)C([C@H](O)C(=O)O)NC(=O)C(CCCCN)NC(=O)[C@H](CC(=O)NCCCCN(C)C)NC(=O)C(CCN)NC(=O)C(NC(=O)C[C@H](O)CCCCCCCCCCC)COC(=O)C([C@H](O)CCl)NC1=O. The Morgan fingerprint density at radius 3 is 1.71 bits per heavy atom. The van der Waals surface area contributed by atoms with Gasteiger partial charge in [-0.3, -0.25) is 47.9 Å². The maximum Gasteiger partial charge on any atom is 0.335 e. The zero-order valence-corrected chi connectivity index (χ0v) is 53.2. The number of aliphatic hydroxyl groups excluding tert-OH is 4. The molecule has 1 saturated heterocycles. The number of alkyl halides is 1. The van der Waals surface area contributed by atoms with E-state index in [2.05, 4.69) is 60.1 Å². The summed E-state index contributed by atoms with van der Waals surface area (Å²) in [6.45, 7) is 3.50. The van der Waals surface area contributed by atoms with Gasteiger partial charge in [0, 0.05) is 6.54 Å². The van der Waals surface area contributed by atoms with Crippen molar-refractivity contribution in [3.8, 4) is 0 Å². The molecule has 21 N–H and O–H groups in total. The second-order valence-electron chi connectivity index (χ2n) is 22.3. The number of carboxylic acid groups (broad SMARTS) is 1. The molecule has 514 valence electrons. The van der Waals surface area contributed by atoms with Crippen LogP contribution in [-0.4, -0.2) is 233 Å². The first-order valence-electron chi connectivity index (χ1n) is 30.8. The number of nitrogens with two attached hydrogens (primary N) is 3. The van der Waals surface area contributed by atoms with Crippen LogP contribution < -0.4 is 70.4 Å². The number of carbonyl (C=O) groups is 12. The van der Waals surface area contributed by atoms with Crippen molar-refractivity contribution in [3.63, 3.8) is 0 Å². The highest BCUT2D eigenvalue weighted by Gasteiger charge is 2.40. The van der Waals surface area contributed by atoms with Gasteiger partial charge in [0.1, 0.15) is 54.6 Å². The van der Waals surface area contributed by atoms with Crippen LogP contribution in [0.25, 0.3) is 0 Å². The maximum atomic E-state index is 14.5. The third-order valence-electron chi connectivity index (χ3n) is 14.3. The van der Waals surface area contributed by atoms with Crippen molar-refractivity contribution >= 4 is 82.6 Å². The van der Waals surface area contributed by atoms with Crippen LogP contribution in [0.3, 0.4) is 0 Å². The number of unbranched alkanes of at least 4 members (excludes halogenated alkanes) is 10. The number of allylic oxidation sites excluding steroid dienone is 1. The standard InChI is InChI=1S/C57H101ClN14O18/c1-6-8-9-10-11-12-13-14-15-20-34(74)29-43(77)63-40-32-90-57(89)45(41(75)31-58)70-48(79)35(7-2)64-54(85)44(33(3)73)69-51(82)38(23-26-61)67-55(86)46(47(78)56(87)88)71-50(81)36(21-16-17-24-59)65-52(83)39(30-42(76)62-27-18-19-28-72(4)5)68-49(80)37(22-25-60)66-53(40)84/h7,33-34,36-41,44-47,73-75,78H,6,8-32,59-61H2,1-5H3,(H,62,76)(H,63,77)(H,64,85)(H,65,83)(H,66,84)(H,67,86)(H,68,80)(H,69,82)(H,70,79)(H,71,81)(H,87,88)/b35-7+/t33-,34+,36?,37?,38-,39-,40?,41+,44?,45?,46?,47-/m0/s1. The molecule has 0 aliphatic carbocycles. The van der Waals surface area contributed by atoms with E-state index >= 15 is 0 Å². The molecule has 0 radical (unpaired) electrons. The molecule has 32 nitrogen and oxygen atoms in total. The number of ether oxygens (including phenoxy) is 1. The van der Waals surface area contributed by atoms with Crippen LogP contribution in [0.15, 0.2) is 11.8 Å². The molecule has 1 aliphatic rings. The number of carbonyl (C=O) groups excluding carboxylic acids is 11. The lowest BCUT2D eigenvalue weighted by atomic mass is 10.0. The largest absolute Gasteiger partial charge is 0.479 e. The van der Waals surface area contributed by atoms with Gasteiger partial charge in [-0.05, 0) is 105 Å². The molecule has 0 aromatic carbocycles. The minimum absolute atomic E-state index is 0.0761. The fraction of sp³-hybridized carbons (Fsp3) is 0.754. The maximum absolute atomic E-state index is 14.5. The molecule has 33 heteroatoms.